The third-order valence-corrected chi connectivity index (χ3v) is 2.34. The number of hydrogen-bond donors (Lipinski definition) is 2. The Bertz CT molecular complexity index is 147. The first-order chi connectivity index (χ1) is 5.22. The Kier molecular flexibility index (Phi) is 2.49. The number of rotatable bonds is 3. The van der Waals surface area contributed by atoms with Crippen LogP contribution in [0.1, 0.15) is 32.6 Å². The molecule has 2 N–H and O–H groups in total. The highest BCUT2D eigenvalue weighted by Gasteiger charge is 2.37. The molecule has 1 amide bonds. The van der Waals surface area contributed by atoms with Crippen molar-refractivity contribution in [1.82, 2.24) is 5.32 Å². The van der Waals surface area contributed by atoms with E-state index in [1.807, 2.05) is 6.92 Å². The summed E-state index contributed by atoms with van der Waals surface area (Å²) in [5.41, 5.74) is -0.257. The average Bonchev–Trinajstić information content (AvgIpc) is 1.96. The summed E-state index contributed by atoms with van der Waals surface area (Å²) in [6.07, 6.45) is 3.47. The molecule has 0 spiro atoms. The van der Waals surface area contributed by atoms with E-state index in [1.165, 1.54) is 0 Å². The summed E-state index contributed by atoms with van der Waals surface area (Å²) in [4.78, 5) is 11.0. The van der Waals surface area contributed by atoms with Gasteiger partial charge in [0.05, 0.1) is 12.1 Å². The second-order valence-electron chi connectivity index (χ2n) is 3.19. The van der Waals surface area contributed by atoms with E-state index in [0.717, 1.165) is 19.3 Å². The Balaban J connectivity index is 2.38. The molecular weight excluding hydrogens is 142 g/mol. The Morgan fingerprint density at radius 2 is 2.27 bits per heavy atom. The minimum atomic E-state index is -0.257. The van der Waals surface area contributed by atoms with Gasteiger partial charge in [0.2, 0.25) is 5.91 Å². The molecule has 3 nitrogen and oxygen atoms in total. The fourth-order valence-electron chi connectivity index (χ4n) is 1.31. The lowest BCUT2D eigenvalue weighted by atomic mass is 9.77. The summed E-state index contributed by atoms with van der Waals surface area (Å²) in [5.74, 6) is 0.0405. The summed E-state index contributed by atoms with van der Waals surface area (Å²) in [6, 6.07) is 0. The lowest BCUT2D eigenvalue weighted by Crippen LogP contribution is -2.56. The van der Waals surface area contributed by atoms with Crippen molar-refractivity contribution >= 4 is 5.91 Å². The van der Waals surface area contributed by atoms with E-state index in [9.17, 15) is 4.79 Å². The number of hydrogen-bond acceptors (Lipinski definition) is 2. The largest absolute Gasteiger partial charge is 0.394 e. The van der Waals surface area contributed by atoms with Crippen LogP contribution in [0.3, 0.4) is 0 Å². The highest BCUT2D eigenvalue weighted by atomic mass is 16.3. The first-order valence-corrected chi connectivity index (χ1v) is 4.14. The van der Waals surface area contributed by atoms with Gasteiger partial charge in [-0.1, -0.05) is 6.92 Å². The number of carbonyl (C=O) groups is 1. The lowest BCUT2D eigenvalue weighted by Gasteiger charge is -2.40. The number of aliphatic hydroxyl groups is 1. The Morgan fingerprint density at radius 1 is 1.64 bits per heavy atom. The molecule has 11 heavy (non-hydrogen) atoms. The van der Waals surface area contributed by atoms with Gasteiger partial charge in [-0.05, 0) is 19.3 Å². The molecular formula is C8H15NO2. The molecule has 1 rings (SSSR count). The number of amides is 1. The summed E-state index contributed by atoms with van der Waals surface area (Å²) in [5, 5.41) is 11.8. The minimum Gasteiger partial charge on any atom is -0.394 e. The summed E-state index contributed by atoms with van der Waals surface area (Å²) >= 11 is 0. The topological polar surface area (TPSA) is 49.3 Å². The van der Waals surface area contributed by atoms with Crippen molar-refractivity contribution in [2.24, 2.45) is 0 Å². The molecule has 3 heteroatoms. The molecule has 0 bridgehead atoms. The van der Waals surface area contributed by atoms with E-state index in [4.69, 9.17) is 5.11 Å². The third-order valence-electron chi connectivity index (χ3n) is 2.34. The van der Waals surface area contributed by atoms with Crippen molar-refractivity contribution in [3.8, 4) is 0 Å². The molecule has 0 atom stereocenters. The third kappa shape index (κ3) is 1.71. The van der Waals surface area contributed by atoms with Gasteiger partial charge in [0.15, 0.2) is 0 Å². The molecule has 0 saturated heterocycles. The van der Waals surface area contributed by atoms with Crippen molar-refractivity contribution in [2.45, 2.75) is 38.1 Å². The van der Waals surface area contributed by atoms with E-state index < -0.39 is 0 Å². The fraction of sp³-hybridized carbons (Fsp3) is 0.875. The van der Waals surface area contributed by atoms with Crippen LogP contribution in [0, 0.1) is 0 Å². The zero-order chi connectivity index (χ0) is 8.32. The SMILES string of the molecule is CCC(=O)NC1(CO)CCC1. The van der Waals surface area contributed by atoms with Crippen molar-refractivity contribution in [2.75, 3.05) is 6.61 Å². The zero-order valence-corrected chi connectivity index (χ0v) is 6.89. The van der Waals surface area contributed by atoms with Crippen LogP contribution in [0.25, 0.3) is 0 Å². The molecule has 1 aliphatic carbocycles. The monoisotopic (exact) mass is 157 g/mol. The normalized spacial score (nSPS) is 20.5. The maximum Gasteiger partial charge on any atom is 0.220 e. The predicted molar refractivity (Wildman–Crippen MR) is 42.1 cm³/mol. The van der Waals surface area contributed by atoms with Crippen molar-refractivity contribution < 1.29 is 9.90 Å². The fourth-order valence-corrected chi connectivity index (χ4v) is 1.31. The van der Waals surface area contributed by atoms with E-state index >= 15 is 0 Å². The second kappa shape index (κ2) is 3.22. The molecule has 64 valence electrons. The Morgan fingerprint density at radius 3 is 2.55 bits per heavy atom. The molecule has 0 aromatic heterocycles. The van der Waals surface area contributed by atoms with Gasteiger partial charge in [0.1, 0.15) is 0 Å². The van der Waals surface area contributed by atoms with E-state index in [1.54, 1.807) is 0 Å². The number of nitrogens with one attached hydrogen (secondary N) is 1. The van der Waals surface area contributed by atoms with Crippen molar-refractivity contribution in [3.63, 3.8) is 0 Å². The maximum absolute atomic E-state index is 11.0. The van der Waals surface area contributed by atoms with Crippen LogP contribution in [-0.4, -0.2) is 23.2 Å². The first-order valence-electron chi connectivity index (χ1n) is 4.14. The molecule has 0 aromatic rings. The summed E-state index contributed by atoms with van der Waals surface area (Å²) < 4.78 is 0. The molecule has 1 aliphatic rings. The van der Waals surface area contributed by atoms with Crippen molar-refractivity contribution in [3.05, 3.63) is 0 Å². The highest BCUT2D eigenvalue weighted by molar-refractivity contribution is 5.76. The predicted octanol–water partition coefficient (Wildman–Crippen LogP) is 0.428. The van der Waals surface area contributed by atoms with Gasteiger partial charge in [-0.3, -0.25) is 4.79 Å². The number of aliphatic hydroxyl groups excluding tert-OH is 1. The van der Waals surface area contributed by atoms with Gasteiger partial charge in [-0.15, -0.1) is 0 Å². The second-order valence-corrected chi connectivity index (χ2v) is 3.19. The van der Waals surface area contributed by atoms with Crippen LogP contribution >= 0.6 is 0 Å². The minimum absolute atomic E-state index is 0.0405. The van der Waals surface area contributed by atoms with Gasteiger partial charge in [-0.25, -0.2) is 0 Å². The standard InChI is InChI=1S/C8H15NO2/c1-2-7(11)9-8(6-10)4-3-5-8/h10H,2-6H2,1H3,(H,9,11). The highest BCUT2D eigenvalue weighted by Crippen LogP contribution is 2.31. The number of carbonyl (C=O) groups excluding carboxylic acids is 1. The van der Waals surface area contributed by atoms with Crippen LogP contribution in [-0.2, 0) is 4.79 Å². The van der Waals surface area contributed by atoms with Crippen LogP contribution in [0.2, 0.25) is 0 Å². The Hall–Kier alpha value is -0.570. The summed E-state index contributed by atoms with van der Waals surface area (Å²) in [6.45, 7) is 1.90. The molecule has 1 fully saturated rings. The van der Waals surface area contributed by atoms with E-state index in [-0.39, 0.29) is 18.1 Å². The van der Waals surface area contributed by atoms with Crippen molar-refractivity contribution in [1.29, 1.82) is 0 Å². The van der Waals surface area contributed by atoms with Crippen LogP contribution < -0.4 is 5.32 Å². The van der Waals surface area contributed by atoms with Crippen LogP contribution in [0.15, 0.2) is 0 Å². The maximum atomic E-state index is 11.0. The quantitative estimate of drug-likeness (QED) is 0.624. The van der Waals surface area contributed by atoms with E-state index in [2.05, 4.69) is 5.32 Å². The van der Waals surface area contributed by atoms with Crippen LogP contribution in [0.5, 0.6) is 0 Å². The molecule has 0 unspecified atom stereocenters. The molecule has 0 radical (unpaired) electrons. The van der Waals surface area contributed by atoms with Gasteiger partial charge in [0, 0.05) is 6.42 Å². The summed E-state index contributed by atoms with van der Waals surface area (Å²) in [7, 11) is 0. The molecule has 1 saturated carbocycles. The van der Waals surface area contributed by atoms with E-state index in [0.29, 0.717) is 6.42 Å². The zero-order valence-electron chi connectivity index (χ0n) is 6.89. The van der Waals surface area contributed by atoms with Gasteiger partial charge in [0.25, 0.3) is 0 Å². The van der Waals surface area contributed by atoms with Gasteiger partial charge in [-0.2, -0.15) is 0 Å². The molecule has 0 heterocycles. The van der Waals surface area contributed by atoms with Crippen LogP contribution in [0.4, 0.5) is 0 Å². The smallest absolute Gasteiger partial charge is 0.220 e. The average molecular weight is 157 g/mol. The van der Waals surface area contributed by atoms with Gasteiger partial charge < -0.3 is 10.4 Å². The first kappa shape index (κ1) is 8.53. The van der Waals surface area contributed by atoms with Gasteiger partial charge >= 0.3 is 0 Å². The lowest BCUT2D eigenvalue weighted by molar-refractivity contribution is -0.124. The molecule has 0 aromatic carbocycles. The Labute approximate surface area is 66.8 Å². The molecule has 0 aliphatic heterocycles.